The number of nitrogens with one attached hydrogen (secondary N) is 2. The number of fused-ring (bicyclic) bond motifs is 1. The van der Waals surface area contributed by atoms with Crippen LogP contribution in [0, 0.1) is 27.2 Å². The van der Waals surface area contributed by atoms with Crippen LogP contribution in [0.15, 0.2) is 42.6 Å². The molecule has 0 aliphatic rings. The van der Waals surface area contributed by atoms with Crippen molar-refractivity contribution < 1.29 is 14.6 Å². The number of hydrogen-bond acceptors (Lipinski definition) is 5. The Morgan fingerprint density at radius 3 is 2.37 bits per heavy atom. The van der Waals surface area contributed by atoms with Crippen molar-refractivity contribution in [3.63, 3.8) is 0 Å². The van der Waals surface area contributed by atoms with Crippen molar-refractivity contribution in [3.05, 3.63) is 79.5 Å². The van der Waals surface area contributed by atoms with Crippen molar-refractivity contribution in [1.29, 1.82) is 0 Å². The van der Waals surface area contributed by atoms with E-state index < -0.39 is 27.1 Å². The fourth-order valence-corrected chi connectivity index (χ4v) is 2.95. The van der Waals surface area contributed by atoms with Crippen molar-refractivity contribution in [2.24, 2.45) is 0 Å². The smallest absolute Gasteiger partial charge is 0.279 e. The van der Waals surface area contributed by atoms with Crippen LogP contribution in [0.3, 0.4) is 0 Å². The Morgan fingerprint density at radius 1 is 1.11 bits per heavy atom. The monoisotopic (exact) mass is 368 g/mol. The fraction of sp³-hybridized carbons (Fsp3) is 0.167. The first-order valence-corrected chi connectivity index (χ1v) is 8.15. The predicted molar refractivity (Wildman–Crippen MR) is 98.8 cm³/mol. The first-order chi connectivity index (χ1) is 12.9. The van der Waals surface area contributed by atoms with E-state index in [2.05, 4.69) is 10.3 Å². The van der Waals surface area contributed by atoms with Gasteiger partial charge in [-0.15, -0.1) is 0 Å². The van der Waals surface area contributed by atoms with E-state index in [9.17, 15) is 25.0 Å². The van der Waals surface area contributed by atoms with Crippen LogP contribution in [0.1, 0.15) is 21.5 Å². The average Bonchev–Trinajstić information content (AvgIpc) is 3.04. The van der Waals surface area contributed by atoms with Gasteiger partial charge in [-0.2, -0.15) is 0 Å². The van der Waals surface area contributed by atoms with E-state index in [1.165, 1.54) is 6.92 Å². The molecular weight excluding hydrogens is 352 g/mol. The second-order valence-corrected chi connectivity index (χ2v) is 6.02. The molecule has 3 aromatic rings. The van der Waals surface area contributed by atoms with Crippen molar-refractivity contribution in [3.8, 4) is 0 Å². The van der Waals surface area contributed by atoms with Gasteiger partial charge in [0.25, 0.3) is 17.3 Å². The number of nitro benzene ring substituents is 2. The van der Waals surface area contributed by atoms with Crippen LogP contribution < -0.4 is 5.32 Å². The molecule has 0 fully saturated rings. The van der Waals surface area contributed by atoms with E-state index in [0.717, 1.165) is 28.6 Å². The third kappa shape index (κ3) is 3.61. The lowest BCUT2D eigenvalue weighted by molar-refractivity contribution is -0.395. The molecule has 0 saturated heterocycles. The molecular formula is C18H16N4O5. The van der Waals surface area contributed by atoms with Gasteiger partial charge in [0.2, 0.25) is 0 Å². The zero-order valence-electron chi connectivity index (χ0n) is 14.4. The number of aromatic amines is 1. The number of H-pyrrole nitrogens is 1. The number of nitrogens with zero attached hydrogens (tertiary/aromatic N) is 2. The lowest BCUT2D eigenvalue weighted by Crippen LogP contribution is -2.26. The fourth-order valence-electron chi connectivity index (χ4n) is 2.95. The largest absolute Gasteiger partial charge is 0.361 e. The maximum Gasteiger partial charge on any atom is 0.279 e. The molecule has 0 bridgehead atoms. The first-order valence-electron chi connectivity index (χ1n) is 8.15. The van der Waals surface area contributed by atoms with E-state index >= 15 is 0 Å². The molecule has 27 heavy (non-hydrogen) atoms. The van der Waals surface area contributed by atoms with Crippen molar-refractivity contribution in [1.82, 2.24) is 10.3 Å². The summed E-state index contributed by atoms with van der Waals surface area (Å²) in [6, 6.07) is 9.87. The van der Waals surface area contributed by atoms with Crippen LogP contribution in [0.25, 0.3) is 10.9 Å². The molecule has 1 amide bonds. The summed E-state index contributed by atoms with van der Waals surface area (Å²) in [4.78, 5) is 36.2. The number of carbonyl (C=O) groups is 1. The van der Waals surface area contributed by atoms with Crippen LogP contribution >= 0.6 is 0 Å². The van der Waals surface area contributed by atoms with Gasteiger partial charge in [-0.1, -0.05) is 18.2 Å². The van der Waals surface area contributed by atoms with Gasteiger partial charge in [-0.25, -0.2) is 0 Å². The van der Waals surface area contributed by atoms with E-state index in [0.29, 0.717) is 6.42 Å². The van der Waals surface area contributed by atoms with E-state index in [4.69, 9.17) is 0 Å². The molecule has 9 nitrogen and oxygen atoms in total. The minimum atomic E-state index is -0.731. The second kappa shape index (κ2) is 7.24. The van der Waals surface area contributed by atoms with Gasteiger partial charge in [0.15, 0.2) is 0 Å². The summed E-state index contributed by atoms with van der Waals surface area (Å²) in [5, 5.41) is 25.9. The van der Waals surface area contributed by atoms with Gasteiger partial charge in [0.1, 0.15) is 5.56 Å². The molecule has 0 aliphatic carbocycles. The van der Waals surface area contributed by atoms with Crippen LogP contribution in [0.2, 0.25) is 0 Å². The highest BCUT2D eigenvalue weighted by Crippen LogP contribution is 2.29. The molecule has 0 radical (unpaired) electrons. The number of hydrogen-bond donors (Lipinski definition) is 2. The van der Waals surface area contributed by atoms with E-state index in [-0.39, 0.29) is 17.7 Å². The Balaban J connectivity index is 1.76. The maximum atomic E-state index is 12.3. The summed E-state index contributed by atoms with van der Waals surface area (Å²) >= 11 is 0. The summed E-state index contributed by atoms with van der Waals surface area (Å²) in [5.74, 6) is -0.596. The van der Waals surface area contributed by atoms with Crippen molar-refractivity contribution in [2.75, 3.05) is 6.54 Å². The zero-order chi connectivity index (χ0) is 19.6. The minimum Gasteiger partial charge on any atom is -0.361 e. The first kappa shape index (κ1) is 18.1. The van der Waals surface area contributed by atoms with Gasteiger partial charge in [-0.3, -0.25) is 25.0 Å². The molecule has 0 aliphatic heterocycles. The molecule has 0 unspecified atom stereocenters. The topological polar surface area (TPSA) is 131 Å². The standard InChI is InChI=1S/C18H16N4O5/c1-11-16(21(24)25)8-13(9-17(11)22(26)27)18(23)19-7-6-12-10-20-15-5-3-2-4-14(12)15/h2-5,8-10,20H,6-7H2,1H3,(H,19,23). The van der Waals surface area contributed by atoms with Gasteiger partial charge in [0, 0.05) is 35.8 Å². The second-order valence-electron chi connectivity index (χ2n) is 6.02. The van der Waals surface area contributed by atoms with Gasteiger partial charge < -0.3 is 10.3 Å². The third-order valence-corrected chi connectivity index (χ3v) is 4.36. The number of rotatable bonds is 6. The maximum absolute atomic E-state index is 12.3. The van der Waals surface area contributed by atoms with Crippen LogP contribution in [-0.4, -0.2) is 27.3 Å². The molecule has 0 atom stereocenters. The molecule has 138 valence electrons. The molecule has 3 rings (SSSR count). The number of amides is 1. The number of para-hydroxylation sites is 1. The lowest BCUT2D eigenvalue weighted by atomic mass is 10.1. The van der Waals surface area contributed by atoms with Crippen LogP contribution in [-0.2, 0) is 6.42 Å². The van der Waals surface area contributed by atoms with Crippen LogP contribution in [0.5, 0.6) is 0 Å². The Hall–Kier alpha value is -3.75. The summed E-state index contributed by atoms with van der Waals surface area (Å²) in [5.41, 5.74) is 0.908. The van der Waals surface area contributed by atoms with Crippen molar-refractivity contribution in [2.45, 2.75) is 13.3 Å². The zero-order valence-corrected chi connectivity index (χ0v) is 14.4. The Kier molecular flexibility index (Phi) is 4.84. The number of aromatic nitrogens is 1. The van der Waals surface area contributed by atoms with Gasteiger partial charge >= 0.3 is 0 Å². The molecule has 1 aromatic heterocycles. The quantitative estimate of drug-likeness (QED) is 0.509. The SMILES string of the molecule is Cc1c([N+](=O)[O-])cc(C(=O)NCCc2c[nH]c3ccccc23)cc1[N+](=O)[O-]. The summed E-state index contributed by atoms with van der Waals surface area (Å²) in [6.07, 6.45) is 2.41. The molecule has 1 heterocycles. The highest BCUT2D eigenvalue weighted by atomic mass is 16.6. The number of benzene rings is 2. The Bertz CT molecular complexity index is 1020. The Labute approximate surface area is 153 Å². The van der Waals surface area contributed by atoms with Crippen LogP contribution in [0.4, 0.5) is 11.4 Å². The number of nitro groups is 2. The molecule has 9 heteroatoms. The third-order valence-electron chi connectivity index (χ3n) is 4.36. The lowest BCUT2D eigenvalue weighted by Gasteiger charge is -2.07. The minimum absolute atomic E-state index is 0.0830. The highest BCUT2D eigenvalue weighted by Gasteiger charge is 2.25. The average molecular weight is 368 g/mol. The summed E-state index contributed by atoms with van der Waals surface area (Å²) in [6.45, 7) is 1.57. The molecule has 0 saturated carbocycles. The van der Waals surface area contributed by atoms with Gasteiger partial charge in [0.05, 0.1) is 15.4 Å². The number of carbonyl (C=O) groups excluding carboxylic acids is 1. The summed E-state index contributed by atoms with van der Waals surface area (Å²) < 4.78 is 0. The molecule has 0 spiro atoms. The molecule has 2 N–H and O–H groups in total. The Morgan fingerprint density at radius 2 is 1.74 bits per heavy atom. The normalized spacial score (nSPS) is 10.7. The van der Waals surface area contributed by atoms with E-state index in [1.807, 2.05) is 30.5 Å². The highest BCUT2D eigenvalue weighted by molar-refractivity contribution is 5.96. The predicted octanol–water partition coefficient (Wildman–Crippen LogP) is 3.27. The molecule has 2 aromatic carbocycles. The van der Waals surface area contributed by atoms with E-state index in [1.54, 1.807) is 0 Å². The summed E-state index contributed by atoms with van der Waals surface area (Å²) in [7, 11) is 0. The van der Waals surface area contributed by atoms with Gasteiger partial charge in [-0.05, 0) is 25.0 Å². The van der Waals surface area contributed by atoms with Crippen molar-refractivity contribution >= 4 is 28.2 Å².